The van der Waals surface area contributed by atoms with Crippen LogP contribution in [0.15, 0.2) is 60.8 Å². The van der Waals surface area contributed by atoms with Gasteiger partial charge in [-0.25, -0.2) is 4.79 Å². The number of aromatic carboxylic acids is 1. The average Bonchev–Trinajstić information content (AvgIpc) is 3.06. The van der Waals surface area contributed by atoms with Crippen molar-refractivity contribution < 1.29 is 9.90 Å². The normalized spacial score (nSPS) is 15.6. The largest absolute Gasteiger partial charge is 0.478 e. The molecule has 0 atom stereocenters. The SMILES string of the molecule is O=C(O)c1cccc2ccn(CC3CCN(c4ccccc4)CC3)c12. The van der Waals surface area contributed by atoms with Crippen molar-refractivity contribution in [2.24, 2.45) is 5.92 Å². The maximum atomic E-state index is 11.5. The molecule has 0 spiro atoms. The molecule has 25 heavy (non-hydrogen) atoms. The number of piperidine rings is 1. The smallest absolute Gasteiger partial charge is 0.337 e. The fourth-order valence-electron chi connectivity index (χ4n) is 3.88. The van der Waals surface area contributed by atoms with Crippen molar-refractivity contribution in [1.29, 1.82) is 0 Å². The van der Waals surface area contributed by atoms with Crippen LogP contribution in [0.1, 0.15) is 23.2 Å². The highest BCUT2D eigenvalue weighted by Gasteiger charge is 2.21. The fourth-order valence-corrected chi connectivity index (χ4v) is 3.88. The summed E-state index contributed by atoms with van der Waals surface area (Å²) in [6, 6.07) is 18.1. The van der Waals surface area contributed by atoms with E-state index in [4.69, 9.17) is 0 Å². The molecule has 1 aliphatic heterocycles. The minimum Gasteiger partial charge on any atom is -0.478 e. The van der Waals surface area contributed by atoms with Gasteiger partial charge in [0.05, 0.1) is 11.1 Å². The van der Waals surface area contributed by atoms with Gasteiger partial charge in [0.25, 0.3) is 0 Å². The lowest BCUT2D eigenvalue weighted by Gasteiger charge is -2.34. The lowest BCUT2D eigenvalue weighted by molar-refractivity contribution is 0.0698. The summed E-state index contributed by atoms with van der Waals surface area (Å²) in [5.41, 5.74) is 2.53. The third-order valence-electron chi connectivity index (χ3n) is 5.21. The molecule has 4 heteroatoms. The quantitative estimate of drug-likeness (QED) is 0.775. The van der Waals surface area contributed by atoms with Gasteiger partial charge in [-0.1, -0.05) is 30.3 Å². The van der Waals surface area contributed by atoms with Crippen LogP contribution < -0.4 is 4.90 Å². The van der Waals surface area contributed by atoms with Gasteiger partial charge >= 0.3 is 5.97 Å². The second-order valence-corrected chi connectivity index (χ2v) is 6.78. The minimum atomic E-state index is -0.857. The molecule has 1 aromatic heterocycles. The number of anilines is 1. The molecule has 1 aliphatic rings. The van der Waals surface area contributed by atoms with Crippen LogP contribution in [0.3, 0.4) is 0 Å². The summed E-state index contributed by atoms with van der Waals surface area (Å²) in [6.45, 7) is 3.00. The lowest BCUT2D eigenvalue weighted by atomic mass is 9.96. The molecule has 128 valence electrons. The Balaban J connectivity index is 1.49. The number of fused-ring (bicyclic) bond motifs is 1. The molecule has 3 aromatic rings. The van der Waals surface area contributed by atoms with Crippen LogP contribution in [-0.4, -0.2) is 28.7 Å². The summed E-state index contributed by atoms with van der Waals surface area (Å²) in [6.07, 6.45) is 4.29. The van der Waals surface area contributed by atoms with Crippen LogP contribution >= 0.6 is 0 Å². The van der Waals surface area contributed by atoms with Gasteiger partial charge in [0.15, 0.2) is 0 Å². The maximum Gasteiger partial charge on any atom is 0.337 e. The molecule has 2 aromatic carbocycles. The van der Waals surface area contributed by atoms with Gasteiger partial charge in [-0.15, -0.1) is 0 Å². The van der Waals surface area contributed by atoms with Gasteiger partial charge in [0.2, 0.25) is 0 Å². The molecule has 0 saturated carbocycles. The van der Waals surface area contributed by atoms with Crippen molar-refractivity contribution >= 4 is 22.6 Å². The van der Waals surface area contributed by atoms with E-state index in [9.17, 15) is 9.90 Å². The maximum absolute atomic E-state index is 11.5. The lowest BCUT2D eigenvalue weighted by Crippen LogP contribution is -2.34. The first kappa shape index (κ1) is 15.8. The standard InChI is InChI=1S/C21H22N2O2/c24-21(25)19-8-4-5-17-11-14-23(20(17)19)15-16-9-12-22(13-10-16)18-6-2-1-3-7-18/h1-8,11,14,16H,9-10,12-13,15H2,(H,24,25). The topological polar surface area (TPSA) is 45.5 Å². The number of benzene rings is 2. The molecule has 0 unspecified atom stereocenters. The summed E-state index contributed by atoms with van der Waals surface area (Å²) in [5.74, 6) is -0.276. The second-order valence-electron chi connectivity index (χ2n) is 6.78. The first-order chi connectivity index (χ1) is 12.2. The Morgan fingerprint density at radius 1 is 1.00 bits per heavy atom. The molecule has 2 heterocycles. The first-order valence-electron chi connectivity index (χ1n) is 8.83. The van der Waals surface area contributed by atoms with Crippen molar-refractivity contribution in [3.05, 3.63) is 66.4 Å². The Morgan fingerprint density at radius 2 is 1.76 bits per heavy atom. The van der Waals surface area contributed by atoms with Crippen LogP contribution in [0.5, 0.6) is 0 Å². The summed E-state index contributed by atoms with van der Waals surface area (Å²) in [4.78, 5) is 14.0. The number of hydrogen-bond donors (Lipinski definition) is 1. The van der Waals surface area contributed by atoms with Crippen LogP contribution in [0.2, 0.25) is 0 Å². The summed E-state index contributed by atoms with van der Waals surface area (Å²) in [7, 11) is 0. The van der Waals surface area contributed by atoms with Gasteiger partial charge in [0, 0.05) is 36.9 Å². The Labute approximate surface area is 147 Å². The molecule has 0 aliphatic carbocycles. The zero-order valence-electron chi connectivity index (χ0n) is 14.1. The van der Waals surface area contributed by atoms with Gasteiger partial charge in [0.1, 0.15) is 0 Å². The summed E-state index contributed by atoms with van der Waals surface area (Å²) >= 11 is 0. The van der Waals surface area contributed by atoms with Gasteiger partial charge in [-0.2, -0.15) is 0 Å². The number of carboxylic acids is 1. The van der Waals surface area contributed by atoms with Gasteiger partial charge < -0.3 is 14.6 Å². The third kappa shape index (κ3) is 3.12. The van der Waals surface area contributed by atoms with E-state index in [1.807, 2.05) is 30.5 Å². The molecule has 1 saturated heterocycles. The average molecular weight is 334 g/mol. The van der Waals surface area contributed by atoms with Crippen molar-refractivity contribution in [3.63, 3.8) is 0 Å². The number of aromatic nitrogens is 1. The van der Waals surface area contributed by atoms with E-state index in [2.05, 4.69) is 33.7 Å². The highest BCUT2D eigenvalue weighted by molar-refractivity contribution is 6.02. The van der Waals surface area contributed by atoms with Crippen LogP contribution in [0.4, 0.5) is 5.69 Å². The number of rotatable bonds is 4. The minimum absolute atomic E-state index is 0.393. The Kier molecular flexibility index (Phi) is 4.18. The first-order valence-corrected chi connectivity index (χ1v) is 8.83. The Hall–Kier alpha value is -2.75. The summed E-state index contributed by atoms with van der Waals surface area (Å²) in [5, 5.41) is 10.5. The van der Waals surface area contributed by atoms with Crippen molar-refractivity contribution in [2.75, 3.05) is 18.0 Å². The molecular weight excluding hydrogens is 312 g/mol. The van der Waals surface area contributed by atoms with E-state index in [1.54, 1.807) is 6.07 Å². The van der Waals surface area contributed by atoms with E-state index in [-0.39, 0.29) is 0 Å². The fraction of sp³-hybridized carbons (Fsp3) is 0.286. The highest BCUT2D eigenvalue weighted by atomic mass is 16.4. The summed E-state index contributed by atoms with van der Waals surface area (Å²) < 4.78 is 2.13. The van der Waals surface area contributed by atoms with Gasteiger partial charge in [-0.05, 0) is 43.0 Å². The number of hydrogen-bond acceptors (Lipinski definition) is 2. The number of carbonyl (C=O) groups is 1. The second kappa shape index (κ2) is 6.63. The Morgan fingerprint density at radius 3 is 2.48 bits per heavy atom. The number of para-hydroxylation sites is 2. The predicted molar refractivity (Wildman–Crippen MR) is 100 cm³/mol. The Bertz CT molecular complexity index is 877. The third-order valence-corrected chi connectivity index (χ3v) is 5.21. The number of nitrogens with zero attached hydrogens (tertiary/aromatic N) is 2. The van der Waals surface area contributed by atoms with Gasteiger partial charge in [-0.3, -0.25) is 0 Å². The molecule has 0 amide bonds. The number of carboxylic acid groups (broad SMARTS) is 1. The van der Waals surface area contributed by atoms with Crippen LogP contribution in [0, 0.1) is 5.92 Å². The van der Waals surface area contributed by atoms with Crippen LogP contribution in [-0.2, 0) is 6.54 Å². The van der Waals surface area contributed by atoms with Crippen molar-refractivity contribution in [3.8, 4) is 0 Å². The zero-order chi connectivity index (χ0) is 17.2. The van der Waals surface area contributed by atoms with E-state index < -0.39 is 5.97 Å². The zero-order valence-corrected chi connectivity index (χ0v) is 14.1. The monoisotopic (exact) mass is 334 g/mol. The molecule has 0 radical (unpaired) electrons. The molecule has 0 bridgehead atoms. The van der Waals surface area contributed by atoms with E-state index in [0.29, 0.717) is 11.5 Å². The molecule has 4 rings (SSSR count). The van der Waals surface area contributed by atoms with Crippen molar-refractivity contribution in [2.45, 2.75) is 19.4 Å². The predicted octanol–water partition coefficient (Wildman–Crippen LogP) is 4.26. The molecule has 1 fully saturated rings. The van der Waals surface area contributed by atoms with E-state index in [1.165, 1.54) is 5.69 Å². The molecule has 1 N–H and O–H groups in total. The highest BCUT2D eigenvalue weighted by Crippen LogP contribution is 2.27. The molecule has 4 nitrogen and oxygen atoms in total. The van der Waals surface area contributed by atoms with E-state index >= 15 is 0 Å². The molecular formula is C21H22N2O2. The van der Waals surface area contributed by atoms with Crippen LogP contribution in [0.25, 0.3) is 10.9 Å². The van der Waals surface area contributed by atoms with Crippen molar-refractivity contribution in [1.82, 2.24) is 4.57 Å². The van der Waals surface area contributed by atoms with E-state index in [0.717, 1.165) is 43.4 Å².